The number of hydrogen-bond acceptors (Lipinski definition) is 6. The Hall–Kier alpha value is -2.51. The van der Waals surface area contributed by atoms with Crippen molar-refractivity contribution in [1.82, 2.24) is 15.0 Å². The van der Waals surface area contributed by atoms with Gasteiger partial charge in [-0.15, -0.1) is 11.3 Å². The van der Waals surface area contributed by atoms with Gasteiger partial charge in [-0.1, -0.05) is 41.6 Å². The molecule has 4 rings (SSSR count). The van der Waals surface area contributed by atoms with E-state index in [2.05, 4.69) is 10.1 Å². The predicted octanol–water partition coefficient (Wildman–Crippen LogP) is 3.72. The van der Waals surface area contributed by atoms with Gasteiger partial charge < -0.3 is 14.2 Å². The van der Waals surface area contributed by atoms with Crippen LogP contribution < -0.4 is 0 Å². The summed E-state index contributed by atoms with van der Waals surface area (Å²) in [4.78, 5) is 19.8. The van der Waals surface area contributed by atoms with Crippen LogP contribution in [0.3, 0.4) is 0 Å². The van der Waals surface area contributed by atoms with E-state index in [0.29, 0.717) is 50.7 Å². The lowest BCUT2D eigenvalue weighted by molar-refractivity contribution is -0.139. The second-order valence-corrected chi connectivity index (χ2v) is 7.40. The number of aromatic nitrogens is 2. The van der Waals surface area contributed by atoms with E-state index in [1.54, 1.807) is 11.3 Å². The third kappa shape index (κ3) is 4.43. The zero-order chi connectivity index (χ0) is 18.5. The summed E-state index contributed by atoms with van der Waals surface area (Å²) in [6.07, 6.45) is 1.72. The Morgan fingerprint density at radius 1 is 1.22 bits per heavy atom. The molecule has 0 aliphatic carbocycles. The van der Waals surface area contributed by atoms with Crippen LogP contribution in [0.5, 0.6) is 0 Å². The molecule has 140 valence electrons. The molecule has 1 unspecified atom stereocenters. The van der Waals surface area contributed by atoms with Gasteiger partial charge >= 0.3 is 0 Å². The molecule has 1 aliphatic heterocycles. The molecule has 0 spiro atoms. The minimum atomic E-state index is -0.0480. The highest BCUT2D eigenvalue weighted by Crippen LogP contribution is 2.23. The molecule has 0 N–H and O–H groups in total. The molecule has 1 amide bonds. The van der Waals surface area contributed by atoms with Crippen molar-refractivity contribution in [2.24, 2.45) is 0 Å². The van der Waals surface area contributed by atoms with E-state index in [-0.39, 0.29) is 12.0 Å². The van der Waals surface area contributed by atoms with Crippen molar-refractivity contribution in [2.75, 3.05) is 19.7 Å². The number of morpholine rings is 1. The van der Waals surface area contributed by atoms with Gasteiger partial charge in [0, 0.05) is 19.4 Å². The smallest absolute Gasteiger partial charge is 0.226 e. The third-order valence-corrected chi connectivity index (χ3v) is 5.45. The molecule has 3 heterocycles. The summed E-state index contributed by atoms with van der Waals surface area (Å²) in [6, 6.07) is 14.0. The van der Waals surface area contributed by atoms with Gasteiger partial charge in [0.25, 0.3) is 0 Å². The average molecular weight is 383 g/mol. The van der Waals surface area contributed by atoms with Crippen molar-refractivity contribution < 1.29 is 14.1 Å². The molecule has 1 aromatic carbocycles. The van der Waals surface area contributed by atoms with Gasteiger partial charge in [0.05, 0.1) is 18.0 Å². The predicted molar refractivity (Wildman–Crippen MR) is 102 cm³/mol. The number of ether oxygens (including phenoxy) is 1. The summed E-state index contributed by atoms with van der Waals surface area (Å²) < 4.78 is 11.1. The second kappa shape index (κ2) is 8.45. The van der Waals surface area contributed by atoms with Crippen molar-refractivity contribution in [3.63, 3.8) is 0 Å². The molecule has 27 heavy (non-hydrogen) atoms. The van der Waals surface area contributed by atoms with Crippen molar-refractivity contribution in [3.8, 4) is 10.7 Å². The van der Waals surface area contributed by atoms with Crippen LogP contribution in [-0.2, 0) is 16.0 Å². The molecule has 1 fully saturated rings. The molecule has 0 bridgehead atoms. The van der Waals surface area contributed by atoms with Crippen LogP contribution in [0.2, 0.25) is 0 Å². The highest BCUT2D eigenvalue weighted by Gasteiger charge is 2.25. The van der Waals surface area contributed by atoms with E-state index in [0.717, 1.165) is 10.4 Å². The van der Waals surface area contributed by atoms with Gasteiger partial charge in [-0.2, -0.15) is 4.98 Å². The van der Waals surface area contributed by atoms with Crippen molar-refractivity contribution >= 4 is 17.2 Å². The molecule has 7 heteroatoms. The summed E-state index contributed by atoms with van der Waals surface area (Å²) >= 11 is 1.58. The van der Waals surface area contributed by atoms with Crippen LogP contribution in [0.15, 0.2) is 52.4 Å². The Labute approximate surface area is 161 Å². The average Bonchev–Trinajstić information content (AvgIpc) is 3.40. The molecule has 2 aromatic heterocycles. The fourth-order valence-corrected chi connectivity index (χ4v) is 3.81. The van der Waals surface area contributed by atoms with Crippen LogP contribution >= 0.6 is 11.3 Å². The number of rotatable bonds is 6. The highest BCUT2D eigenvalue weighted by molar-refractivity contribution is 7.13. The number of thiophene rings is 1. The van der Waals surface area contributed by atoms with Crippen molar-refractivity contribution in [3.05, 3.63) is 59.3 Å². The van der Waals surface area contributed by atoms with E-state index >= 15 is 0 Å². The monoisotopic (exact) mass is 383 g/mol. The van der Waals surface area contributed by atoms with E-state index in [1.807, 2.05) is 52.7 Å². The molecule has 0 radical (unpaired) electrons. The minimum absolute atomic E-state index is 0.0480. The lowest BCUT2D eigenvalue weighted by Gasteiger charge is -2.33. The molecule has 1 saturated heterocycles. The fraction of sp³-hybridized carbons (Fsp3) is 0.350. The van der Waals surface area contributed by atoms with Gasteiger partial charge in [-0.25, -0.2) is 0 Å². The van der Waals surface area contributed by atoms with Crippen LogP contribution in [0.1, 0.15) is 30.4 Å². The molecule has 1 atom stereocenters. The lowest BCUT2D eigenvalue weighted by atomic mass is 10.1. The summed E-state index contributed by atoms with van der Waals surface area (Å²) in [5.74, 6) is 1.35. The Morgan fingerprint density at radius 2 is 2.11 bits per heavy atom. The van der Waals surface area contributed by atoms with Gasteiger partial charge in [0.1, 0.15) is 6.10 Å². The summed E-state index contributed by atoms with van der Waals surface area (Å²) in [6.45, 7) is 1.82. The molecule has 0 saturated carbocycles. The molecule has 3 aromatic rings. The number of amides is 1. The lowest BCUT2D eigenvalue weighted by Crippen LogP contribution is -2.42. The SMILES string of the molecule is O=C(CCCc1nc(-c2cccs2)no1)N1CCOC(c2ccccc2)C1. The number of hydrogen-bond donors (Lipinski definition) is 0. The molecule has 6 nitrogen and oxygen atoms in total. The van der Waals surface area contributed by atoms with E-state index in [4.69, 9.17) is 9.26 Å². The van der Waals surface area contributed by atoms with E-state index < -0.39 is 0 Å². The largest absolute Gasteiger partial charge is 0.370 e. The number of nitrogens with zero attached hydrogens (tertiary/aromatic N) is 3. The first-order chi connectivity index (χ1) is 13.3. The third-order valence-electron chi connectivity index (χ3n) is 4.58. The van der Waals surface area contributed by atoms with Crippen LogP contribution in [-0.4, -0.2) is 40.6 Å². The second-order valence-electron chi connectivity index (χ2n) is 6.45. The highest BCUT2D eigenvalue weighted by atomic mass is 32.1. The number of carbonyl (C=O) groups excluding carboxylic acids is 1. The summed E-state index contributed by atoms with van der Waals surface area (Å²) in [7, 11) is 0. The maximum atomic E-state index is 12.6. The van der Waals surface area contributed by atoms with Gasteiger partial charge in [-0.05, 0) is 23.4 Å². The minimum Gasteiger partial charge on any atom is -0.370 e. The Balaban J connectivity index is 1.27. The summed E-state index contributed by atoms with van der Waals surface area (Å²) in [5, 5.41) is 5.98. The Kier molecular flexibility index (Phi) is 5.60. The maximum absolute atomic E-state index is 12.6. The van der Waals surface area contributed by atoms with E-state index in [1.165, 1.54) is 0 Å². The van der Waals surface area contributed by atoms with Crippen LogP contribution in [0.25, 0.3) is 10.7 Å². The zero-order valence-electron chi connectivity index (χ0n) is 14.9. The van der Waals surface area contributed by atoms with Crippen LogP contribution in [0.4, 0.5) is 0 Å². The zero-order valence-corrected chi connectivity index (χ0v) is 15.7. The van der Waals surface area contributed by atoms with Gasteiger partial charge in [0.15, 0.2) is 0 Å². The van der Waals surface area contributed by atoms with Crippen molar-refractivity contribution in [2.45, 2.75) is 25.4 Å². The Bertz CT molecular complexity index is 864. The Morgan fingerprint density at radius 3 is 2.93 bits per heavy atom. The first-order valence-electron chi connectivity index (χ1n) is 9.10. The quantitative estimate of drug-likeness (QED) is 0.649. The maximum Gasteiger partial charge on any atom is 0.226 e. The first-order valence-corrected chi connectivity index (χ1v) is 9.98. The van der Waals surface area contributed by atoms with Gasteiger partial charge in [0.2, 0.25) is 17.6 Å². The number of benzene rings is 1. The number of aryl methyl sites for hydroxylation is 1. The van der Waals surface area contributed by atoms with E-state index in [9.17, 15) is 4.79 Å². The molecular formula is C20H21N3O3S. The van der Waals surface area contributed by atoms with Crippen LogP contribution in [0, 0.1) is 0 Å². The van der Waals surface area contributed by atoms with Gasteiger partial charge in [-0.3, -0.25) is 4.79 Å². The standard InChI is InChI=1S/C20H21N3O3S/c24-19(23-11-12-25-16(14-23)15-6-2-1-3-7-15)10-4-9-18-21-20(22-26-18)17-8-5-13-27-17/h1-3,5-8,13,16H,4,9-12,14H2. The molecule has 1 aliphatic rings. The topological polar surface area (TPSA) is 68.5 Å². The molecular weight excluding hydrogens is 362 g/mol. The summed E-state index contributed by atoms with van der Waals surface area (Å²) in [5.41, 5.74) is 1.11. The van der Waals surface area contributed by atoms with Crippen molar-refractivity contribution in [1.29, 1.82) is 0 Å². The normalized spacial score (nSPS) is 17.2. The number of carbonyl (C=O) groups is 1. The fourth-order valence-electron chi connectivity index (χ4n) is 3.16. The first kappa shape index (κ1) is 17.9.